The first kappa shape index (κ1) is 12.7. The lowest BCUT2D eigenvalue weighted by atomic mass is 9.96. The first-order valence-corrected chi connectivity index (χ1v) is 6.68. The minimum absolute atomic E-state index is 0.983. The van der Waals surface area contributed by atoms with Gasteiger partial charge in [0, 0.05) is 5.69 Å². The zero-order chi connectivity index (χ0) is 13.0. The topological polar surface area (TPSA) is 26.0 Å². The van der Waals surface area contributed by atoms with E-state index in [2.05, 4.69) is 56.3 Å². The molecule has 1 nitrogen and oxygen atoms in total. The van der Waals surface area contributed by atoms with Gasteiger partial charge < -0.3 is 5.73 Å². The summed E-state index contributed by atoms with van der Waals surface area (Å²) < 4.78 is 0. The lowest BCUT2D eigenvalue weighted by Crippen LogP contribution is -2.01. The van der Waals surface area contributed by atoms with Gasteiger partial charge in [-0.3, -0.25) is 0 Å². The number of hydrogen-bond acceptors (Lipinski definition) is 1. The molecule has 0 atom stereocenters. The van der Waals surface area contributed by atoms with E-state index in [1.54, 1.807) is 0 Å². The summed E-state index contributed by atoms with van der Waals surface area (Å²) in [5, 5.41) is 0. The van der Waals surface area contributed by atoms with Crippen LogP contribution in [0.4, 0.5) is 5.69 Å². The zero-order valence-corrected chi connectivity index (χ0v) is 11.2. The summed E-state index contributed by atoms with van der Waals surface area (Å²) in [4.78, 5) is 0. The molecule has 0 heterocycles. The Morgan fingerprint density at radius 3 is 1.89 bits per heavy atom. The van der Waals surface area contributed by atoms with Gasteiger partial charge in [0.25, 0.3) is 0 Å². The molecule has 0 aliphatic carbocycles. The zero-order valence-electron chi connectivity index (χ0n) is 11.2. The minimum Gasteiger partial charge on any atom is -0.398 e. The van der Waals surface area contributed by atoms with Crippen LogP contribution in [0.2, 0.25) is 0 Å². The molecule has 0 unspecified atom stereocenters. The van der Waals surface area contributed by atoms with Crippen LogP contribution in [-0.4, -0.2) is 0 Å². The van der Waals surface area contributed by atoms with Crippen LogP contribution in [0, 0.1) is 0 Å². The summed E-state index contributed by atoms with van der Waals surface area (Å²) in [7, 11) is 0. The van der Waals surface area contributed by atoms with Crippen LogP contribution in [0.1, 0.15) is 36.1 Å². The second kappa shape index (κ2) is 5.72. The van der Waals surface area contributed by atoms with E-state index < -0.39 is 0 Å². The van der Waals surface area contributed by atoms with Gasteiger partial charge in [0.1, 0.15) is 0 Å². The number of anilines is 1. The highest BCUT2D eigenvalue weighted by Gasteiger charge is 2.06. The van der Waals surface area contributed by atoms with Crippen molar-refractivity contribution in [2.75, 3.05) is 5.73 Å². The van der Waals surface area contributed by atoms with E-state index in [-0.39, 0.29) is 0 Å². The van der Waals surface area contributed by atoms with E-state index in [1.165, 1.54) is 22.3 Å². The average Bonchev–Trinajstić information content (AvgIpc) is 2.41. The summed E-state index contributed by atoms with van der Waals surface area (Å²) in [5.74, 6) is 0. The summed E-state index contributed by atoms with van der Waals surface area (Å²) in [6.07, 6.45) is 2.99. The summed E-state index contributed by atoms with van der Waals surface area (Å²) in [5.41, 5.74) is 12.4. The molecule has 2 rings (SSSR count). The molecule has 1 heteroatoms. The maximum atomic E-state index is 6.17. The first-order chi connectivity index (χ1) is 8.74. The number of hydrogen-bond donors (Lipinski definition) is 1. The second-order valence-electron chi connectivity index (χ2n) is 4.70. The highest BCUT2D eigenvalue weighted by atomic mass is 14.6. The number of benzene rings is 2. The van der Waals surface area contributed by atoms with E-state index in [0.717, 1.165) is 24.9 Å². The van der Waals surface area contributed by atoms with Crippen LogP contribution >= 0.6 is 0 Å². The molecule has 0 bridgehead atoms. The summed E-state index contributed by atoms with van der Waals surface area (Å²) >= 11 is 0. The Morgan fingerprint density at radius 1 is 0.833 bits per heavy atom. The number of rotatable bonds is 4. The van der Waals surface area contributed by atoms with E-state index in [1.807, 2.05) is 0 Å². The highest BCUT2D eigenvalue weighted by molar-refractivity contribution is 5.56. The Hall–Kier alpha value is -1.76. The Kier molecular flexibility index (Phi) is 4.03. The Labute approximate surface area is 110 Å². The molecular formula is C17H21N. The lowest BCUT2D eigenvalue weighted by molar-refractivity contribution is 1.06. The second-order valence-corrected chi connectivity index (χ2v) is 4.70. The van der Waals surface area contributed by atoms with Crippen molar-refractivity contribution < 1.29 is 0 Å². The maximum Gasteiger partial charge on any atom is 0.0379 e. The van der Waals surface area contributed by atoms with Gasteiger partial charge in [-0.05, 0) is 41.5 Å². The van der Waals surface area contributed by atoms with Crippen LogP contribution in [-0.2, 0) is 19.3 Å². The molecule has 94 valence electrons. The fourth-order valence-corrected chi connectivity index (χ4v) is 2.37. The number of nitrogens with two attached hydrogens (primary N) is 1. The van der Waals surface area contributed by atoms with Gasteiger partial charge in [0.2, 0.25) is 0 Å². The quantitative estimate of drug-likeness (QED) is 0.802. The van der Waals surface area contributed by atoms with Crippen molar-refractivity contribution >= 4 is 5.69 Å². The van der Waals surface area contributed by atoms with Crippen LogP contribution < -0.4 is 5.73 Å². The average molecular weight is 239 g/mol. The Morgan fingerprint density at radius 2 is 1.39 bits per heavy atom. The molecule has 0 fully saturated rings. The molecule has 2 N–H and O–H groups in total. The monoisotopic (exact) mass is 239 g/mol. The van der Waals surface area contributed by atoms with Crippen molar-refractivity contribution in [3.8, 4) is 0 Å². The van der Waals surface area contributed by atoms with Crippen molar-refractivity contribution in [1.29, 1.82) is 0 Å². The number of aryl methyl sites for hydroxylation is 2. The number of nitrogen functional groups attached to an aromatic ring is 1. The molecule has 0 aromatic heterocycles. The van der Waals surface area contributed by atoms with E-state index in [0.29, 0.717) is 0 Å². The smallest absolute Gasteiger partial charge is 0.0379 e. The minimum atomic E-state index is 0.983. The highest BCUT2D eigenvalue weighted by Crippen LogP contribution is 2.23. The van der Waals surface area contributed by atoms with Crippen LogP contribution in [0.25, 0.3) is 0 Å². The molecule has 0 aliphatic heterocycles. The van der Waals surface area contributed by atoms with Gasteiger partial charge in [0.15, 0.2) is 0 Å². The van der Waals surface area contributed by atoms with Crippen molar-refractivity contribution in [3.05, 3.63) is 64.7 Å². The molecule has 0 amide bonds. The molecule has 18 heavy (non-hydrogen) atoms. The molecule has 2 aromatic rings. The van der Waals surface area contributed by atoms with Gasteiger partial charge >= 0.3 is 0 Å². The third kappa shape index (κ3) is 2.73. The molecular weight excluding hydrogens is 218 g/mol. The van der Waals surface area contributed by atoms with Gasteiger partial charge in [-0.1, -0.05) is 56.3 Å². The first-order valence-electron chi connectivity index (χ1n) is 6.68. The van der Waals surface area contributed by atoms with E-state index in [4.69, 9.17) is 5.73 Å². The standard InChI is InChI=1S/C17H21N/c1-3-15-11-14(12-16(4-2)17(15)18)10-13-8-6-5-7-9-13/h5-9,11-12H,3-4,10,18H2,1-2H3. The summed E-state index contributed by atoms with van der Waals surface area (Å²) in [6, 6.07) is 15.1. The predicted octanol–water partition coefficient (Wildman–Crippen LogP) is 3.98. The van der Waals surface area contributed by atoms with Gasteiger partial charge in [-0.15, -0.1) is 0 Å². The van der Waals surface area contributed by atoms with Crippen molar-refractivity contribution in [3.63, 3.8) is 0 Å². The van der Waals surface area contributed by atoms with Crippen LogP contribution in [0.5, 0.6) is 0 Å². The van der Waals surface area contributed by atoms with Crippen LogP contribution in [0.15, 0.2) is 42.5 Å². The Balaban J connectivity index is 2.34. The molecule has 0 saturated carbocycles. The largest absolute Gasteiger partial charge is 0.398 e. The van der Waals surface area contributed by atoms with Gasteiger partial charge in [0.05, 0.1) is 0 Å². The third-order valence-electron chi connectivity index (χ3n) is 3.42. The van der Waals surface area contributed by atoms with Crippen molar-refractivity contribution in [1.82, 2.24) is 0 Å². The van der Waals surface area contributed by atoms with Crippen molar-refractivity contribution in [2.24, 2.45) is 0 Å². The van der Waals surface area contributed by atoms with E-state index >= 15 is 0 Å². The fourth-order valence-electron chi connectivity index (χ4n) is 2.37. The molecule has 0 radical (unpaired) electrons. The molecule has 2 aromatic carbocycles. The summed E-state index contributed by atoms with van der Waals surface area (Å²) in [6.45, 7) is 4.33. The van der Waals surface area contributed by atoms with Gasteiger partial charge in [-0.2, -0.15) is 0 Å². The van der Waals surface area contributed by atoms with Gasteiger partial charge in [-0.25, -0.2) is 0 Å². The van der Waals surface area contributed by atoms with Crippen LogP contribution in [0.3, 0.4) is 0 Å². The molecule has 0 saturated heterocycles. The fraction of sp³-hybridized carbons (Fsp3) is 0.294. The Bertz CT molecular complexity index is 489. The normalized spacial score (nSPS) is 10.6. The SMILES string of the molecule is CCc1cc(Cc2ccccc2)cc(CC)c1N. The van der Waals surface area contributed by atoms with E-state index in [9.17, 15) is 0 Å². The third-order valence-corrected chi connectivity index (χ3v) is 3.42. The lowest BCUT2D eigenvalue weighted by Gasteiger charge is -2.12. The maximum absolute atomic E-state index is 6.17. The molecule has 0 aliphatic rings. The predicted molar refractivity (Wildman–Crippen MR) is 78.9 cm³/mol. The molecule has 0 spiro atoms. The van der Waals surface area contributed by atoms with Crippen molar-refractivity contribution in [2.45, 2.75) is 33.1 Å².